The Balaban J connectivity index is 2.52. The molecular formula is C16H17FN2O3. The molecule has 1 heterocycles. The van der Waals surface area contributed by atoms with Gasteiger partial charge in [0.15, 0.2) is 0 Å². The van der Waals surface area contributed by atoms with E-state index in [1.807, 2.05) is 6.92 Å². The van der Waals surface area contributed by atoms with Gasteiger partial charge in [-0.25, -0.2) is 4.39 Å². The highest BCUT2D eigenvalue weighted by atomic mass is 19.1. The second kappa shape index (κ2) is 6.51. The van der Waals surface area contributed by atoms with Gasteiger partial charge < -0.3 is 10.0 Å². The number of rotatable bonds is 5. The van der Waals surface area contributed by atoms with Gasteiger partial charge in [0.25, 0.3) is 5.91 Å². The number of carbonyl (C=O) groups is 2. The second-order valence-corrected chi connectivity index (χ2v) is 5.11. The Morgan fingerprint density at radius 1 is 1.41 bits per heavy atom. The first-order valence-electron chi connectivity index (χ1n) is 7.01. The summed E-state index contributed by atoms with van der Waals surface area (Å²) in [5, 5.41) is 9.51. The largest absolute Gasteiger partial charge is 0.480 e. The Morgan fingerprint density at radius 2 is 2.14 bits per heavy atom. The van der Waals surface area contributed by atoms with Gasteiger partial charge in [-0.3, -0.25) is 14.6 Å². The van der Waals surface area contributed by atoms with Crippen LogP contribution in [0.3, 0.4) is 0 Å². The third-order valence-corrected chi connectivity index (χ3v) is 3.59. The molecule has 1 amide bonds. The molecule has 0 saturated carbocycles. The van der Waals surface area contributed by atoms with Crippen molar-refractivity contribution < 1.29 is 19.1 Å². The lowest BCUT2D eigenvalue weighted by Crippen LogP contribution is -2.42. The van der Waals surface area contributed by atoms with Crippen LogP contribution in [0, 0.1) is 5.82 Å². The molecule has 0 radical (unpaired) electrons. The molecule has 2 aromatic rings. The zero-order chi connectivity index (χ0) is 16.3. The van der Waals surface area contributed by atoms with E-state index in [0.717, 1.165) is 6.07 Å². The summed E-state index contributed by atoms with van der Waals surface area (Å²) in [5.41, 5.74) is 0.449. The molecule has 6 heteroatoms. The van der Waals surface area contributed by atoms with E-state index in [9.17, 15) is 14.0 Å². The number of benzene rings is 1. The van der Waals surface area contributed by atoms with E-state index in [4.69, 9.17) is 5.11 Å². The molecule has 1 unspecified atom stereocenters. The van der Waals surface area contributed by atoms with Crippen LogP contribution in [0.25, 0.3) is 10.9 Å². The van der Waals surface area contributed by atoms with Gasteiger partial charge >= 0.3 is 5.97 Å². The van der Waals surface area contributed by atoms with E-state index in [0.29, 0.717) is 17.3 Å². The fourth-order valence-corrected chi connectivity index (χ4v) is 2.27. The predicted octanol–water partition coefficient (Wildman–Crippen LogP) is 2.70. The van der Waals surface area contributed by atoms with Crippen molar-refractivity contribution in [2.45, 2.75) is 26.3 Å². The summed E-state index contributed by atoms with van der Waals surface area (Å²) in [7, 11) is 0. The van der Waals surface area contributed by atoms with Crippen molar-refractivity contribution in [1.29, 1.82) is 0 Å². The van der Waals surface area contributed by atoms with Crippen LogP contribution in [0.2, 0.25) is 0 Å². The van der Waals surface area contributed by atoms with Crippen molar-refractivity contribution in [1.82, 2.24) is 9.88 Å². The van der Waals surface area contributed by atoms with Crippen molar-refractivity contribution in [3.8, 4) is 0 Å². The molecule has 5 nitrogen and oxygen atoms in total. The summed E-state index contributed by atoms with van der Waals surface area (Å²) in [6.07, 6.45) is 2.11. The Bertz CT molecular complexity index is 718. The molecule has 1 aromatic heterocycles. The van der Waals surface area contributed by atoms with Crippen molar-refractivity contribution in [3.63, 3.8) is 0 Å². The number of pyridine rings is 1. The van der Waals surface area contributed by atoms with E-state index < -0.39 is 24.2 Å². The number of hydrogen-bond acceptors (Lipinski definition) is 3. The SMILES string of the molecule is CCC(C)N(CC(=O)O)C(=O)c1cc(F)cc2cccnc12. The smallest absolute Gasteiger partial charge is 0.323 e. The maximum absolute atomic E-state index is 13.8. The molecule has 1 N–H and O–H groups in total. The third kappa shape index (κ3) is 3.21. The summed E-state index contributed by atoms with van der Waals surface area (Å²) in [4.78, 5) is 29.1. The first kappa shape index (κ1) is 15.9. The number of carboxylic acid groups (broad SMARTS) is 1. The quantitative estimate of drug-likeness (QED) is 0.922. The zero-order valence-corrected chi connectivity index (χ0v) is 12.4. The first-order chi connectivity index (χ1) is 10.4. The van der Waals surface area contributed by atoms with Crippen LogP contribution in [-0.4, -0.2) is 39.5 Å². The minimum Gasteiger partial charge on any atom is -0.480 e. The van der Waals surface area contributed by atoms with Crippen molar-refractivity contribution in [2.75, 3.05) is 6.54 Å². The molecule has 2 rings (SSSR count). The number of carbonyl (C=O) groups excluding carboxylic acids is 1. The molecule has 0 spiro atoms. The number of halogens is 1. The zero-order valence-electron chi connectivity index (χ0n) is 12.4. The molecule has 0 saturated heterocycles. The van der Waals surface area contributed by atoms with Crippen LogP contribution >= 0.6 is 0 Å². The van der Waals surface area contributed by atoms with Crippen LogP contribution in [0.1, 0.15) is 30.6 Å². The van der Waals surface area contributed by atoms with E-state index >= 15 is 0 Å². The molecule has 0 aliphatic heterocycles. The van der Waals surface area contributed by atoms with Gasteiger partial charge in [0.2, 0.25) is 0 Å². The van der Waals surface area contributed by atoms with E-state index in [-0.39, 0.29) is 11.6 Å². The third-order valence-electron chi connectivity index (χ3n) is 3.59. The number of fused-ring (bicyclic) bond motifs is 1. The summed E-state index contributed by atoms with van der Waals surface area (Å²) < 4.78 is 13.8. The standard InChI is InChI=1S/C16H17FN2O3/c1-3-10(2)19(9-14(20)21)16(22)13-8-12(17)7-11-5-4-6-18-15(11)13/h4-8,10H,3,9H2,1-2H3,(H,20,21). The molecule has 0 fully saturated rings. The lowest BCUT2D eigenvalue weighted by Gasteiger charge is -2.27. The Kier molecular flexibility index (Phi) is 4.70. The van der Waals surface area contributed by atoms with Gasteiger partial charge in [0.05, 0.1) is 11.1 Å². The Hall–Kier alpha value is -2.50. The van der Waals surface area contributed by atoms with Gasteiger partial charge in [-0.15, -0.1) is 0 Å². The molecule has 1 atom stereocenters. The number of amides is 1. The van der Waals surface area contributed by atoms with Gasteiger partial charge in [0.1, 0.15) is 12.4 Å². The minimum absolute atomic E-state index is 0.0807. The van der Waals surface area contributed by atoms with Crippen molar-refractivity contribution >= 4 is 22.8 Å². The van der Waals surface area contributed by atoms with Crippen LogP contribution in [0.4, 0.5) is 4.39 Å². The number of aliphatic carboxylic acids is 1. The fourth-order valence-electron chi connectivity index (χ4n) is 2.27. The van der Waals surface area contributed by atoms with Gasteiger partial charge in [0, 0.05) is 17.6 Å². The minimum atomic E-state index is -1.11. The van der Waals surface area contributed by atoms with Crippen molar-refractivity contribution in [2.24, 2.45) is 0 Å². The van der Waals surface area contributed by atoms with Gasteiger partial charge in [-0.1, -0.05) is 13.0 Å². The molecule has 0 bridgehead atoms. The molecule has 116 valence electrons. The highest BCUT2D eigenvalue weighted by Gasteiger charge is 2.25. The average molecular weight is 304 g/mol. The Morgan fingerprint density at radius 3 is 2.77 bits per heavy atom. The number of nitrogens with zero attached hydrogens (tertiary/aromatic N) is 2. The van der Waals surface area contributed by atoms with E-state index in [2.05, 4.69) is 4.98 Å². The van der Waals surface area contributed by atoms with Crippen LogP contribution in [-0.2, 0) is 4.79 Å². The average Bonchev–Trinajstić information content (AvgIpc) is 2.50. The predicted molar refractivity (Wildman–Crippen MR) is 80.1 cm³/mol. The van der Waals surface area contributed by atoms with Gasteiger partial charge in [-0.05, 0) is 31.5 Å². The molecular weight excluding hydrogens is 287 g/mol. The first-order valence-corrected chi connectivity index (χ1v) is 7.01. The maximum atomic E-state index is 13.8. The highest BCUT2D eigenvalue weighted by Crippen LogP contribution is 2.21. The lowest BCUT2D eigenvalue weighted by molar-refractivity contribution is -0.138. The lowest BCUT2D eigenvalue weighted by atomic mass is 10.1. The summed E-state index contributed by atoms with van der Waals surface area (Å²) in [6, 6.07) is 5.44. The number of hydrogen-bond donors (Lipinski definition) is 1. The van der Waals surface area contributed by atoms with E-state index in [1.165, 1.54) is 17.2 Å². The normalized spacial score (nSPS) is 12.1. The summed E-state index contributed by atoms with van der Waals surface area (Å²) >= 11 is 0. The molecule has 1 aromatic carbocycles. The van der Waals surface area contributed by atoms with Gasteiger partial charge in [-0.2, -0.15) is 0 Å². The highest BCUT2D eigenvalue weighted by molar-refractivity contribution is 6.06. The maximum Gasteiger partial charge on any atom is 0.323 e. The fraction of sp³-hybridized carbons (Fsp3) is 0.312. The monoisotopic (exact) mass is 304 g/mol. The number of carboxylic acids is 1. The van der Waals surface area contributed by atoms with E-state index in [1.54, 1.807) is 19.1 Å². The molecule has 0 aliphatic rings. The van der Waals surface area contributed by atoms with Crippen LogP contribution in [0.5, 0.6) is 0 Å². The Labute approximate surface area is 127 Å². The number of aromatic nitrogens is 1. The van der Waals surface area contributed by atoms with Crippen LogP contribution < -0.4 is 0 Å². The molecule has 0 aliphatic carbocycles. The second-order valence-electron chi connectivity index (χ2n) is 5.11. The summed E-state index contributed by atoms with van der Waals surface area (Å²) in [5.74, 6) is -2.19. The summed E-state index contributed by atoms with van der Waals surface area (Å²) in [6.45, 7) is 3.18. The topological polar surface area (TPSA) is 70.5 Å². The van der Waals surface area contributed by atoms with Crippen LogP contribution in [0.15, 0.2) is 30.5 Å². The molecule has 22 heavy (non-hydrogen) atoms. The van der Waals surface area contributed by atoms with Crippen molar-refractivity contribution in [3.05, 3.63) is 41.8 Å².